The van der Waals surface area contributed by atoms with E-state index in [0.717, 1.165) is 11.1 Å². The van der Waals surface area contributed by atoms with E-state index in [0.29, 0.717) is 16.9 Å². The van der Waals surface area contributed by atoms with E-state index in [-0.39, 0.29) is 4.90 Å². The van der Waals surface area contributed by atoms with Gasteiger partial charge in [0, 0.05) is 10.9 Å². The number of hydrogen-bond acceptors (Lipinski definition) is 4. The Balaban J connectivity index is 2.03. The molecular weight excluding hydrogens is 335 g/mol. The van der Waals surface area contributed by atoms with Gasteiger partial charge in [0.1, 0.15) is 10.7 Å². The number of para-hydroxylation sites is 1. The highest BCUT2D eigenvalue weighted by molar-refractivity contribution is 7.92. The van der Waals surface area contributed by atoms with Crippen LogP contribution in [0, 0.1) is 12.7 Å². The molecule has 0 bridgehead atoms. The minimum atomic E-state index is -4.02. The Kier molecular flexibility index (Phi) is 4.14. The summed E-state index contributed by atoms with van der Waals surface area (Å²) in [7, 11) is -4.02. The minimum absolute atomic E-state index is 0.362. The maximum Gasteiger partial charge on any atom is 0.264 e. The number of aromatic nitrogens is 1. The first-order chi connectivity index (χ1) is 11.0. The molecule has 2 aromatic carbocycles. The van der Waals surface area contributed by atoms with Crippen LogP contribution < -0.4 is 4.72 Å². The second kappa shape index (κ2) is 6.10. The molecule has 118 valence electrons. The number of rotatable bonds is 4. The molecule has 1 aromatic heterocycles. The lowest BCUT2D eigenvalue weighted by atomic mass is 10.1. The standard InChI is InChI=1S/C16H13FN2O2S2/c1-11-18-15(10-22-11)12-6-2-4-8-14(12)19-23(20,21)16-9-5-3-7-13(16)17/h2-10,19H,1H3. The van der Waals surface area contributed by atoms with Gasteiger partial charge in [-0.05, 0) is 25.1 Å². The molecule has 3 aromatic rings. The summed E-state index contributed by atoms with van der Waals surface area (Å²) in [5, 5.41) is 2.73. The molecule has 0 saturated carbocycles. The van der Waals surface area contributed by atoms with Crippen LogP contribution >= 0.6 is 11.3 Å². The van der Waals surface area contributed by atoms with Crippen molar-refractivity contribution in [2.45, 2.75) is 11.8 Å². The molecule has 0 aliphatic carbocycles. The summed E-state index contributed by atoms with van der Waals surface area (Å²) >= 11 is 1.48. The molecule has 3 rings (SSSR count). The van der Waals surface area contributed by atoms with Crippen LogP contribution in [0.25, 0.3) is 11.3 Å². The molecule has 7 heteroatoms. The number of hydrogen-bond donors (Lipinski definition) is 1. The van der Waals surface area contributed by atoms with Gasteiger partial charge >= 0.3 is 0 Å². The summed E-state index contributed by atoms with van der Waals surface area (Å²) < 4.78 is 41.1. The first-order valence-electron chi connectivity index (χ1n) is 6.76. The Morgan fingerprint density at radius 2 is 1.78 bits per heavy atom. The van der Waals surface area contributed by atoms with Gasteiger partial charge in [-0.2, -0.15) is 0 Å². The van der Waals surface area contributed by atoms with Gasteiger partial charge in [0.2, 0.25) is 0 Å². The monoisotopic (exact) mass is 348 g/mol. The van der Waals surface area contributed by atoms with Crippen LogP contribution in [-0.2, 0) is 10.0 Å². The summed E-state index contributed by atoms with van der Waals surface area (Å²) in [5.41, 5.74) is 1.69. The Bertz CT molecular complexity index is 952. The third kappa shape index (κ3) is 3.25. The fraction of sp³-hybridized carbons (Fsp3) is 0.0625. The number of aryl methyl sites for hydroxylation is 1. The third-order valence-corrected chi connectivity index (χ3v) is 5.36. The van der Waals surface area contributed by atoms with Crippen LogP contribution in [0.4, 0.5) is 10.1 Å². The SMILES string of the molecule is Cc1nc(-c2ccccc2NS(=O)(=O)c2ccccc2F)cs1. The molecule has 23 heavy (non-hydrogen) atoms. The van der Waals surface area contributed by atoms with Crippen molar-refractivity contribution in [3.63, 3.8) is 0 Å². The van der Waals surface area contributed by atoms with Crippen molar-refractivity contribution in [2.75, 3.05) is 4.72 Å². The predicted molar refractivity (Wildman–Crippen MR) is 89.5 cm³/mol. The maximum atomic E-state index is 13.8. The summed E-state index contributed by atoms with van der Waals surface area (Å²) in [6.07, 6.45) is 0. The number of sulfonamides is 1. The molecule has 0 amide bonds. The van der Waals surface area contributed by atoms with Crippen LogP contribution in [-0.4, -0.2) is 13.4 Å². The van der Waals surface area contributed by atoms with Crippen LogP contribution in [0.1, 0.15) is 5.01 Å². The summed E-state index contributed by atoms with van der Waals surface area (Å²) in [5.74, 6) is -0.790. The van der Waals surface area contributed by atoms with Gasteiger partial charge in [-0.3, -0.25) is 4.72 Å². The highest BCUT2D eigenvalue weighted by Gasteiger charge is 2.20. The highest BCUT2D eigenvalue weighted by Crippen LogP contribution is 2.30. The second-order valence-corrected chi connectivity index (χ2v) is 7.55. The highest BCUT2D eigenvalue weighted by atomic mass is 32.2. The number of nitrogens with zero attached hydrogens (tertiary/aromatic N) is 1. The van der Waals surface area contributed by atoms with Crippen molar-refractivity contribution in [3.8, 4) is 11.3 Å². The zero-order valence-corrected chi connectivity index (χ0v) is 13.8. The Labute approximate surface area is 137 Å². The first-order valence-corrected chi connectivity index (χ1v) is 9.12. The first kappa shape index (κ1) is 15.6. The van der Waals surface area contributed by atoms with Gasteiger partial charge in [0.15, 0.2) is 0 Å². The summed E-state index contributed by atoms with van der Waals surface area (Å²) in [6, 6.07) is 12.2. The lowest BCUT2D eigenvalue weighted by Gasteiger charge is -2.12. The molecule has 0 spiro atoms. The van der Waals surface area contributed by atoms with Crippen LogP contribution in [0.3, 0.4) is 0 Å². The second-order valence-electron chi connectivity index (χ2n) is 4.83. The minimum Gasteiger partial charge on any atom is -0.279 e. The van der Waals surface area contributed by atoms with Gasteiger partial charge in [-0.25, -0.2) is 17.8 Å². The molecule has 1 heterocycles. The number of benzene rings is 2. The molecule has 0 aliphatic heterocycles. The molecule has 0 aliphatic rings. The van der Waals surface area contributed by atoms with Crippen LogP contribution in [0.5, 0.6) is 0 Å². The zero-order chi connectivity index (χ0) is 16.4. The third-order valence-electron chi connectivity index (χ3n) is 3.19. The summed E-state index contributed by atoms with van der Waals surface area (Å²) in [4.78, 5) is 3.99. The van der Waals surface area contributed by atoms with Gasteiger partial charge in [-0.15, -0.1) is 11.3 Å². The molecule has 0 saturated heterocycles. The zero-order valence-electron chi connectivity index (χ0n) is 12.2. The quantitative estimate of drug-likeness (QED) is 0.773. The van der Waals surface area contributed by atoms with E-state index in [1.54, 1.807) is 24.3 Å². The normalized spacial score (nSPS) is 11.4. The molecule has 0 radical (unpaired) electrons. The van der Waals surface area contributed by atoms with Crippen molar-refractivity contribution >= 4 is 27.0 Å². The van der Waals surface area contributed by atoms with Gasteiger partial charge < -0.3 is 0 Å². The fourth-order valence-corrected chi connectivity index (χ4v) is 3.92. The molecule has 0 fully saturated rings. The topological polar surface area (TPSA) is 59.1 Å². The molecule has 0 atom stereocenters. The van der Waals surface area contributed by atoms with E-state index in [9.17, 15) is 12.8 Å². The van der Waals surface area contributed by atoms with Crippen molar-refractivity contribution in [3.05, 3.63) is 64.7 Å². The average molecular weight is 348 g/mol. The molecule has 1 N–H and O–H groups in total. The van der Waals surface area contributed by atoms with Crippen LogP contribution in [0.2, 0.25) is 0 Å². The smallest absolute Gasteiger partial charge is 0.264 e. The average Bonchev–Trinajstić information content (AvgIpc) is 2.94. The summed E-state index contributed by atoms with van der Waals surface area (Å²) in [6.45, 7) is 1.88. The molecular formula is C16H13FN2O2S2. The molecule has 0 unspecified atom stereocenters. The van der Waals surface area contributed by atoms with Crippen molar-refractivity contribution in [1.82, 2.24) is 4.98 Å². The van der Waals surface area contributed by atoms with Crippen molar-refractivity contribution < 1.29 is 12.8 Å². The maximum absolute atomic E-state index is 13.8. The van der Waals surface area contributed by atoms with Crippen LogP contribution in [0.15, 0.2) is 58.8 Å². The Morgan fingerprint density at radius 1 is 1.09 bits per heavy atom. The Morgan fingerprint density at radius 3 is 2.48 bits per heavy atom. The van der Waals surface area contributed by atoms with E-state index >= 15 is 0 Å². The van der Waals surface area contributed by atoms with E-state index in [1.165, 1.54) is 29.5 Å². The van der Waals surface area contributed by atoms with Gasteiger partial charge in [0.05, 0.1) is 16.4 Å². The lowest BCUT2D eigenvalue weighted by Crippen LogP contribution is -2.15. The predicted octanol–water partition coefficient (Wildman–Crippen LogP) is 4.06. The lowest BCUT2D eigenvalue weighted by molar-refractivity contribution is 0.570. The van der Waals surface area contributed by atoms with Crippen molar-refractivity contribution in [2.24, 2.45) is 0 Å². The number of halogens is 1. The van der Waals surface area contributed by atoms with E-state index in [4.69, 9.17) is 0 Å². The van der Waals surface area contributed by atoms with E-state index < -0.39 is 15.8 Å². The van der Waals surface area contributed by atoms with Gasteiger partial charge in [-0.1, -0.05) is 30.3 Å². The van der Waals surface area contributed by atoms with E-state index in [2.05, 4.69) is 9.71 Å². The Hall–Kier alpha value is -2.25. The number of thiazole rings is 1. The fourth-order valence-electron chi connectivity index (χ4n) is 2.15. The van der Waals surface area contributed by atoms with Gasteiger partial charge in [0.25, 0.3) is 10.0 Å². The largest absolute Gasteiger partial charge is 0.279 e. The van der Waals surface area contributed by atoms with Crippen molar-refractivity contribution in [1.29, 1.82) is 0 Å². The molecule has 4 nitrogen and oxygen atoms in total. The number of nitrogens with one attached hydrogen (secondary N) is 1. The van der Waals surface area contributed by atoms with E-state index in [1.807, 2.05) is 12.3 Å². The number of anilines is 1.